The van der Waals surface area contributed by atoms with Gasteiger partial charge in [0.25, 0.3) is 0 Å². The third kappa shape index (κ3) is 3.90. The predicted octanol–water partition coefficient (Wildman–Crippen LogP) is 13.4. The quantitative estimate of drug-likeness (QED) is 0.176. The van der Waals surface area contributed by atoms with Crippen molar-refractivity contribution in [2.75, 3.05) is 0 Å². The van der Waals surface area contributed by atoms with Crippen molar-refractivity contribution in [3.05, 3.63) is 176 Å². The molecular weight excluding hydrogens is 607 g/mol. The Bertz CT molecular complexity index is 3060. The molecule has 50 heavy (non-hydrogen) atoms. The van der Waals surface area contributed by atoms with E-state index >= 15 is 0 Å². The smallest absolute Gasteiger partial charge is 0.161 e. The fraction of sp³-hybridized carbons (Fsp3) is 0. The van der Waals surface area contributed by atoms with Gasteiger partial charge in [-0.2, -0.15) is 0 Å². The van der Waals surface area contributed by atoms with Gasteiger partial charge in [0.05, 0.1) is 5.52 Å². The van der Waals surface area contributed by atoms with Gasteiger partial charge in [-0.1, -0.05) is 140 Å². The number of nitrogens with zero attached hydrogens (tertiary/aromatic N) is 1. The van der Waals surface area contributed by atoms with E-state index in [9.17, 15) is 0 Å². The van der Waals surface area contributed by atoms with Gasteiger partial charge in [0.15, 0.2) is 5.58 Å². The van der Waals surface area contributed by atoms with Crippen LogP contribution in [0.4, 0.5) is 0 Å². The molecule has 0 aliphatic heterocycles. The van der Waals surface area contributed by atoms with Crippen molar-refractivity contribution in [2.24, 2.45) is 0 Å². The number of benzene rings is 9. The summed E-state index contributed by atoms with van der Waals surface area (Å²) >= 11 is 0. The van der Waals surface area contributed by atoms with Crippen LogP contribution < -0.4 is 0 Å². The van der Waals surface area contributed by atoms with Gasteiger partial charge >= 0.3 is 0 Å². The van der Waals surface area contributed by atoms with E-state index in [4.69, 9.17) is 4.42 Å². The molecule has 11 aromatic rings. The largest absolute Gasteiger partial charge is 0.454 e. The maximum absolute atomic E-state index is 6.73. The van der Waals surface area contributed by atoms with Gasteiger partial charge in [0.2, 0.25) is 0 Å². The molecule has 0 saturated heterocycles. The van der Waals surface area contributed by atoms with Crippen LogP contribution in [0.1, 0.15) is 0 Å². The number of furan rings is 1. The lowest BCUT2D eigenvalue weighted by Crippen LogP contribution is -1.96. The Morgan fingerprint density at radius 3 is 1.84 bits per heavy atom. The highest BCUT2D eigenvalue weighted by molar-refractivity contribution is 6.26. The van der Waals surface area contributed by atoms with E-state index in [1.54, 1.807) is 0 Å². The molecule has 2 heteroatoms. The first-order valence-electron chi connectivity index (χ1n) is 17.2. The highest BCUT2D eigenvalue weighted by atomic mass is 16.3. The number of rotatable bonds is 4. The van der Waals surface area contributed by atoms with E-state index in [1.807, 2.05) is 0 Å². The first-order chi connectivity index (χ1) is 24.8. The lowest BCUT2D eigenvalue weighted by Gasteiger charge is -2.16. The summed E-state index contributed by atoms with van der Waals surface area (Å²) in [5.41, 5.74) is 12.3. The normalized spacial score (nSPS) is 12.0. The Labute approximate surface area is 288 Å². The average Bonchev–Trinajstić information content (AvgIpc) is 3.72. The Kier molecular flexibility index (Phi) is 5.70. The van der Waals surface area contributed by atoms with Gasteiger partial charge < -0.3 is 8.98 Å². The van der Waals surface area contributed by atoms with Crippen LogP contribution in [-0.4, -0.2) is 4.57 Å². The molecule has 0 aliphatic carbocycles. The third-order valence-electron chi connectivity index (χ3n) is 10.5. The predicted molar refractivity (Wildman–Crippen MR) is 211 cm³/mol. The Balaban J connectivity index is 1.18. The number of para-hydroxylation sites is 1. The van der Waals surface area contributed by atoms with Crippen molar-refractivity contribution in [3.63, 3.8) is 0 Å². The summed E-state index contributed by atoms with van der Waals surface area (Å²) in [5, 5.41) is 9.98. The van der Waals surface area contributed by atoms with Crippen LogP contribution >= 0.6 is 0 Å². The molecule has 0 fully saturated rings. The molecule has 9 aromatic carbocycles. The zero-order valence-electron chi connectivity index (χ0n) is 27.1. The van der Waals surface area contributed by atoms with Gasteiger partial charge in [-0.3, -0.25) is 0 Å². The summed E-state index contributed by atoms with van der Waals surface area (Å²) in [6, 6.07) is 63.7. The van der Waals surface area contributed by atoms with Crippen molar-refractivity contribution < 1.29 is 4.42 Å². The van der Waals surface area contributed by atoms with E-state index in [1.165, 1.54) is 65.7 Å². The number of hydrogen-bond donors (Lipinski definition) is 0. The maximum atomic E-state index is 6.73. The van der Waals surface area contributed by atoms with Crippen LogP contribution in [-0.2, 0) is 0 Å². The molecule has 0 amide bonds. The van der Waals surface area contributed by atoms with Crippen LogP contribution in [0.2, 0.25) is 0 Å². The maximum Gasteiger partial charge on any atom is 0.161 e. The van der Waals surface area contributed by atoms with Crippen molar-refractivity contribution in [1.82, 2.24) is 4.57 Å². The molecule has 0 N–H and O–H groups in total. The second-order valence-electron chi connectivity index (χ2n) is 13.3. The van der Waals surface area contributed by atoms with E-state index in [2.05, 4.69) is 180 Å². The van der Waals surface area contributed by atoms with Crippen LogP contribution in [0.5, 0.6) is 0 Å². The van der Waals surface area contributed by atoms with E-state index in [0.717, 1.165) is 38.7 Å². The molecule has 0 radical (unpaired) electrons. The second kappa shape index (κ2) is 10.4. The third-order valence-corrected chi connectivity index (χ3v) is 10.5. The minimum Gasteiger partial charge on any atom is -0.454 e. The minimum absolute atomic E-state index is 0.894. The lowest BCUT2D eigenvalue weighted by atomic mass is 9.89. The number of fused-ring (bicyclic) bond motifs is 5. The number of hydrogen-bond acceptors (Lipinski definition) is 1. The first kappa shape index (κ1) is 27.3. The molecule has 0 saturated carbocycles. The van der Waals surface area contributed by atoms with Crippen LogP contribution in [0.3, 0.4) is 0 Å². The first-order valence-corrected chi connectivity index (χ1v) is 17.2. The molecule has 2 heterocycles. The van der Waals surface area contributed by atoms with Crippen LogP contribution in [0.25, 0.3) is 104 Å². The molecule has 0 atom stereocenters. The Hall–Kier alpha value is -6.64. The zero-order chi connectivity index (χ0) is 32.8. The van der Waals surface area contributed by atoms with E-state index < -0.39 is 0 Å². The van der Waals surface area contributed by atoms with Gasteiger partial charge in [0, 0.05) is 16.5 Å². The van der Waals surface area contributed by atoms with Crippen LogP contribution in [0.15, 0.2) is 180 Å². The second-order valence-corrected chi connectivity index (χ2v) is 13.3. The van der Waals surface area contributed by atoms with E-state index in [-0.39, 0.29) is 0 Å². The van der Waals surface area contributed by atoms with Crippen molar-refractivity contribution in [2.45, 2.75) is 0 Å². The molecule has 232 valence electrons. The van der Waals surface area contributed by atoms with Gasteiger partial charge in [-0.15, -0.1) is 0 Å². The standard InChI is InChI=1S/C48H29NO/c1-3-10-30(11-4-1)37-26-23-36(29-41(37)31-12-5-2-6-13-31)49-43-27-22-35(28-42(43)48-47(49)40-16-7-8-17-44(40)50-48)38-24-20-34-19-18-32-14-9-15-33-21-25-39(38)46(34)45(32)33/h1-29H. The minimum atomic E-state index is 0.894. The molecule has 0 spiro atoms. The van der Waals surface area contributed by atoms with Crippen molar-refractivity contribution in [1.29, 1.82) is 0 Å². The van der Waals surface area contributed by atoms with Crippen molar-refractivity contribution in [3.8, 4) is 39.1 Å². The van der Waals surface area contributed by atoms with Gasteiger partial charge in [-0.05, 0) is 102 Å². The summed E-state index contributed by atoms with van der Waals surface area (Å²) in [6.07, 6.45) is 0. The summed E-state index contributed by atoms with van der Waals surface area (Å²) in [7, 11) is 0. The van der Waals surface area contributed by atoms with Gasteiger partial charge in [-0.25, -0.2) is 0 Å². The fourth-order valence-corrected chi connectivity index (χ4v) is 8.29. The summed E-state index contributed by atoms with van der Waals surface area (Å²) in [6.45, 7) is 0. The zero-order valence-corrected chi connectivity index (χ0v) is 27.1. The Morgan fingerprint density at radius 1 is 0.380 bits per heavy atom. The lowest BCUT2D eigenvalue weighted by molar-refractivity contribution is 0.673. The highest BCUT2D eigenvalue weighted by Gasteiger charge is 2.22. The summed E-state index contributed by atoms with van der Waals surface area (Å²) < 4.78 is 9.12. The van der Waals surface area contributed by atoms with E-state index in [0.29, 0.717) is 0 Å². The topological polar surface area (TPSA) is 18.1 Å². The SMILES string of the molecule is c1ccc(-c2ccc(-n3c4ccc(-c5ccc6ccc7cccc8ccc5c6c78)cc4c4oc5ccccc5c43)cc2-c2ccccc2)cc1. The number of aromatic nitrogens is 1. The molecular formula is C48H29NO. The average molecular weight is 636 g/mol. The van der Waals surface area contributed by atoms with Crippen molar-refractivity contribution >= 4 is 65.3 Å². The van der Waals surface area contributed by atoms with Gasteiger partial charge in [0.1, 0.15) is 11.1 Å². The molecule has 11 rings (SSSR count). The molecule has 0 aliphatic rings. The Morgan fingerprint density at radius 2 is 1.04 bits per heavy atom. The fourth-order valence-electron chi connectivity index (χ4n) is 8.29. The van der Waals surface area contributed by atoms with Crippen LogP contribution in [0, 0.1) is 0 Å². The summed E-state index contributed by atoms with van der Waals surface area (Å²) in [5.74, 6) is 0. The molecule has 0 unspecified atom stereocenters. The molecule has 2 aromatic heterocycles. The molecule has 0 bridgehead atoms. The monoisotopic (exact) mass is 635 g/mol. The molecule has 2 nitrogen and oxygen atoms in total. The summed E-state index contributed by atoms with van der Waals surface area (Å²) in [4.78, 5) is 0. The highest BCUT2D eigenvalue weighted by Crippen LogP contribution is 2.44.